The number of phosphoric acid groups is 2. The van der Waals surface area contributed by atoms with Crippen molar-refractivity contribution in [2.45, 2.75) is 432 Å². The zero-order chi connectivity index (χ0) is 71.2. The van der Waals surface area contributed by atoms with Crippen LogP contribution in [0.15, 0.2) is 0 Å². The van der Waals surface area contributed by atoms with Crippen LogP contribution in [0.4, 0.5) is 0 Å². The molecule has 0 fully saturated rings. The fourth-order valence-electron chi connectivity index (χ4n) is 12.1. The summed E-state index contributed by atoms with van der Waals surface area (Å²) in [5.41, 5.74) is 0. The molecule has 0 aliphatic carbocycles. The minimum Gasteiger partial charge on any atom is -0.462 e. The van der Waals surface area contributed by atoms with E-state index in [0.29, 0.717) is 25.7 Å². The Kier molecular flexibility index (Phi) is 69.6. The van der Waals surface area contributed by atoms with E-state index in [1.165, 1.54) is 231 Å². The molecule has 0 aliphatic heterocycles. The third kappa shape index (κ3) is 72.2. The first-order valence-electron chi connectivity index (χ1n) is 40.6. The molecule has 0 saturated heterocycles. The van der Waals surface area contributed by atoms with E-state index < -0.39 is 97.5 Å². The van der Waals surface area contributed by atoms with Gasteiger partial charge in [0.25, 0.3) is 0 Å². The van der Waals surface area contributed by atoms with Gasteiger partial charge in [0.05, 0.1) is 26.4 Å². The van der Waals surface area contributed by atoms with E-state index >= 15 is 0 Å². The topological polar surface area (TPSA) is 237 Å². The van der Waals surface area contributed by atoms with Crippen LogP contribution in [-0.2, 0) is 65.4 Å². The van der Waals surface area contributed by atoms with Crippen molar-refractivity contribution in [1.29, 1.82) is 0 Å². The maximum absolute atomic E-state index is 13.1. The first kappa shape index (κ1) is 95.1. The monoisotopic (exact) mass is 1420 g/mol. The lowest BCUT2D eigenvalue weighted by molar-refractivity contribution is -0.161. The van der Waals surface area contributed by atoms with Crippen LogP contribution in [0.3, 0.4) is 0 Å². The van der Waals surface area contributed by atoms with Crippen LogP contribution in [0.25, 0.3) is 0 Å². The summed E-state index contributed by atoms with van der Waals surface area (Å²) in [6.45, 7) is 7.31. The highest BCUT2D eigenvalue weighted by molar-refractivity contribution is 7.47. The van der Waals surface area contributed by atoms with Gasteiger partial charge >= 0.3 is 39.5 Å². The Labute approximate surface area is 594 Å². The smallest absolute Gasteiger partial charge is 0.462 e. The number of hydrogen-bond donors (Lipinski definition) is 3. The lowest BCUT2D eigenvalue weighted by Crippen LogP contribution is -2.30. The largest absolute Gasteiger partial charge is 0.472 e. The first-order valence-corrected chi connectivity index (χ1v) is 43.6. The summed E-state index contributed by atoms with van der Waals surface area (Å²) in [5, 5.41) is 10.6. The predicted molar refractivity (Wildman–Crippen MR) is 395 cm³/mol. The summed E-state index contributed by atoms with van der Waals surface area (Å²) in [7, 11) is -9.91. The molecule has 576 valence electrons. The number of carbonyl (C=O) groups excluding carboxylic acids is 4. The number of hydrogen-bond acceptors (Lipinski definition) is 15. The molecule has 97 heavy (non-hydrogen) atoms. The Hall–Kier alpha value is -1.94. The fraction of sp³-hybridized carbons (Fsp3) is 0.949. The summed E-state index contributed by atoms with van der Waals surface area (Å²) in [5.74, 6) is -1.31. The average Bonchev–Trinajstić information content (AvgIpc) is 1.63. The number of aliphatic hydroxyl groups excluding tert-OH is 1. The SMILES string of the molecule is CCCCCCCCCCCCCCCCCCCCC(=O)OC[C@H](COP(=O)(O)OC[C@@H](O)COP(=O)(O)OC[C@@H](COC(=O)CCCCCCCCCC)OC(=O)CCCCCCCCCCCCCCC)OC(=O)CCCCCCCCCCCCCCCCCC(C)C. The van der Waals surface area contributed by atoms with Crippen molar-refractivity contribution in [2.75, 3.05) is 39.6 Å². The molecule has 5 atom stereocenters. The molecule has 0 spiro atoms. The van der Waals surface area contributed by atoms with Crippen LogP contribution in [0, 0.1) is 5.92 Å². The summed E-state index contributed by atoms with van der Waals surface area (Å²) >= 11 is 0. The van der Waals surface area contributed by atoms with E-state index in [1.54, 1.807) is 0 Å². The van der Waals surface area contributed by atoms with Gasteiger partial charge in [-0.15, -0.1) is 0 Å². The molecule has 0 aromatic rings. The van der Waals surface area contributed by atoms with Gasteiger partial charge in [-0.05, 0) is 31.6 Å². The lowest BCUT2D eigenvalue weighted by Gasteiger charge is -2.21. The van der Waals surface area contributed by atoms with Gasteiger partial charge < -0.3 is 33.8 Å². The molecule has 0 bridgehead atoms. The highest BCUT2D eigenvalue weighted by Crippen LogP contribution is 2.45. The molecule has 17 nitrogen and oxygen atoms in total. The lowest BCUT2D eigenvalue weighted by atomic mass is 10.0. The van der Waals surface area contributed by atoms with Gasteiger partial charge in [-0.1, -0.05) is 362 Å². The molecule has 0 aromatic heterocycles. The molecule has 0 rings (SSSR count). The van der Waals surface area contributed by atoms with Crippen molar-refractivity contribution in [3.05, 3.63) is 0 Å². The first-order chi connectivity index (χ1) is 47.0. The highest BCUT2D eigenvalue weighted by atomic mass is 31.2. The van der Waals surface area contributed by atoms with Crippen LogP contribution < -0.4 is 0 Å². The van der Waals surface area contributed by atoms with Crippen LogP contribution in [0.2, 0.25) is 0 Å². The summed E-state index contributed by atoms with van der Waals surface area (Å²) < 4.78 is 68.5. The second-order valence-electron chi connectivity index (χ2n) is 28.6. The van der Waals surface area contributed by atoms with E-state index in [4.69, 9.17) is 37.0 Å². The summed E-state index contributed by atoms with van der Waals surface area (Å²) in [6.07, 6.45) is 61.1. The van der Waals surface area contributed by atoms with Crippen LogP contribution >= 0.6 is 15.6 Å². The van der Waals surface area contributed by atoms with E-state index in [9.17, 15) is 43.2 Å². The number of aliphatic hydroxyl groups is 1. The summed E-state index contributed by atoms with van der Waals surface area (Å²) in [4.78, 5) is 72.8. The number of carbonyl (C=O) groups is 4. The van der Waals surface area contributed by atoms with Gasteiger partial charge in [0, 0.05) is 25.7 Å². The molecule has 0 heterocycles. The maximum Gasteiger partial charge on any atom is 0.472 e. The van der Waals surface area contributed by atoms with E-state index in [-0.39, 0.29) is 25.7 Å². The van der Waals surface area contributed by atoms with Crippen molar-refractivity contribution in [3.8, 4) is 0 Å². The van der Waals surface area contributed by atoms with Crippen molar-refractivity contribution >= 4 is 39.5 Å². The van der Waals surface area contributed by atoms with E-state index in [1.807, 2.05) is 0 Å². The van der Waals surface area contributed by atoms with Crippen LogP contribution in [0.1, 0.15) is 413 Å². The molecule has 2 unspecified atom stereocenters. The van der Waals surface area contributed by atoms with Crippen molar-refractivity contribution in [3.63, 3.8) is 0 Å². The van der Waals surface area contributed by atoms with Gasteiger partial charge in [-0.25, -0.2) is 9.13 Å². The molecule has 0 amide bonds. The minimum absolute atomic E-state index is 0.108. The van der Waals surface area contributed by atoms with Gasteiger partial charge in [0.2, 0.25) is 0 Å². The molecule has 3 N–H and O–H groups in total. The molecule has 0 radical (unpaired) electrons. The Morgan fingerprint density at radius 1 is 0.278 bits per heavy atom. The highest BCUT2D eigenvalue weighted by Gasteiger charge is 2.30. The normalized spacial score (nSPS) is 13.9. The van der Waals surface area contributed by atoms with Gasteiger partial charge in [0.1, 0.15) is 19.3 Å². The van der Waals surface area contributed by atoms with Gasteiger partial charge in [0.15, 0.2) is 12.2 Å². The minimum atomic E-state index is -4.96. The third-order valence-corrected chi connectivity index (χ3v) is 20.2. The molecular formula is C78H152O17P2. The molecular weight excluding hydrogens is 1270 g/mol. The van der Waals surface area contributed by atoms with Crippen LogP contribution in [0.5, 0.6) is 0 Å². The second-order valence-corrected chi connectivity index (χ2v) is 31.5. The predicted octanol–water partition coefficient (Wildman–Crippen LogP) is 23.3. The van der Waals surface area contributed by atoms with Crippen molar-refractivity contribution in [1.82, 2.24) is 0 Å². The number of rotatable bonds is 78. The maximum atomic E-state index is 13.1. The Morgan fingerprint density at radius 2 is 0.474 bits per heavy atom. The average molecular weight is 1420 g/mol. The standard InChI is InChI=1S/C78H152O17P2/c1-6-9-12-15-18-21-23-25-26-27-28-31-35-38-42-47-52-57-62-76(81)89-68-74(95-78(83)64-59-54-49-44-40-36-32-29-30-34-37-41-45-50-55-60-71(4)5)70-93-97(86,87)91-66-72(79)65-90-96(84,85)92-69-73(67-88-75(80)61-56-51-46-20-17-14-11-8-3)94-77(82)63-58-53-48-43-39-33-24-22-19-16-13-10-7-2/h71-74,79H,6-70H2,1-5H3,(H,84,85)(H,86,87)/t72-,73+,74+/m0/s1. The van der Waals surface area contributed by atoms with E-state index in [2.05, 4.69) is 34.6 Å². The van der Waals surface area contributed by atoms with Crippen molar-refractivity contribution < 1.29 is 80.2 Å². The number of phosphoric ester groups is 2. The molecule has 19 heteroatoms. The molecule has 0 aliphatic rings. The quantitative estimate of drug-likeness (QED) is 0.0222. The Balaban J connectivity index is 5.20. The zero-order valence-electron chi connectivity index (χ0n) is 63.2. The van der Waals surface area contributed by atoms with E-state index in [0.717, 1.165) is 102 Å². The number of ether oxygens (including phenoxy) is 4. The Morgan fingerprint density at radius 3 is 0.701 bits per heavy atom. The molecule has 0 aromatic carbocycles. The van der Waals surface area contributed by atoms with Gasteiger partial charge in [-0.3, -0.25) is 37.3 Å². The Bertz CT molecular complexity index is 1860. The van der Waals surface area contributed by atoms with Crippen LogP contribution in [-0.4, -0.2) is 96.7 Å². The zero-order valence-corrected chi connectivity index (χ0v) is 65.0. The summed E-state index contributed by atoms with van der Waals surface area (Å²) in [6, 6.07) is 0. The number of unbranched alkanes of at least 4 members (excludes halogenated alkanes) is 50. The third-order valence-electron chi connectivity index (χ3n) is 18.3. The molecule has 0 saturated carbocycles. The second kappa shape index (κ2) is 71.1. The van der Waals surface area contributed by atoms with Gasteiger partial charge in [-0.2, -0.15) is 0 Å². The number of esters is 4. The fourth-order valence-corrected chi connectivity index (χ4v) is 13.6. The van der Waals surface area contributed by atoms with Crippen molar-refractivity contribution in [2.24, 2.45) is 5.92 Å².